The fraction of sp³-hybridized carbons (Fsp3) is 0.267. The number of carboxylic acid groups (broad SMARTS) is 1. The molecule has 0 bridgehead atoms. The van der Waals surface area contributed by atoms with E-state index < -0.39 is 23.4 Å². The van der Waals surface area contributed by atoms with Crippen LogP contribution < -0.4 is 0 Å². The maximum Gasteiger partial charge on any atom is 0.313 e. The average Bonchev–Trinajstić information content (AvgIpc) is 2.39. The van der Waals surface area contributed by atoms with Crippen molar-refractivity contribution in [2.45, 2.75) is 18.9 Å². The zero-order chi connectivity index (χ0) is 13.8. The molecule has 0 aliphatic carbocycles. The molecule has 1 rings (SSSR count). The van der Waals surface area contributed by atoms with Gasteiger partial charge in [0.2, 0.25) is 0 Å². The first-order valence-corrected chi connectivity index (χ1v) is 5.70. The molecule has 1 aromatic carbocycles. The molecule has 2 N–H and O–H groups in total. The largest absolute Gasteiger partial charge is 0.481 e. The van der Waals surface area contributed by atoms with E-state index in [4.69, 9.17) is 0 Å². The van der Waals surface area contributed by atoms with E-state index in [9.17, 15) is 15.0 Å². The number of allylic oxidation sites excluding steroid dienone is 1. The van der Waals surface area contributed by atoms with Gasteiger partial charge in [-0.1, -0.05) is 42.5 Å². The minimum absolute atomic E-state index is 0.496. The van der Waals surface area contributed by atoms with Gasteiger partial charge in [0.05, 0.1) is 6.10 Å². The summed E-state index contributed by atoms with van der Waals surface area (Å²) in [5, 5.41) is 19.4. The fourth-order valence-corrected chi connectivity index (χ4v) is 2.08. The van der Waals surface area contributed by atoms with Gasteiger partial charge in [-0.05, 0) is 12.5 Å². The van der Waals surface area contributed by atoms with Crippen molar-refractivity contribution in [3.05, 3.63) is 61.2 Å². The van der Waals surface area contributed by atoms with Gasteiger partial charge in [-0.15, -0.1) is 13.2 Å². The third-order valence-corrected chi connectivity index (χ3v) is 3.34. The van der Waals surface area contributed by atoms with E-state index >= 15 is 0 Å². The standard InChI is InChI=1S/C15H18O3/c1-4-12(11-9-7-6-8-10-11)15(3,14(17)18)13(16)5-2/h4-10,12-13,16H,1-2H2,3H3,(H,17,18)/t12-,13+,15+/m1/s1. The highest BCUT2D eigenvalue weighted by atomic mass is 16.4. The Morgan fingerprint density at radius 1 is 1.28 bits per heavy atom. The molecule has 0 fully saturated rings. The minimum Gasteiger partial charge on any atom is -0.481 e. The van der Waals surface area contributed by atoms with Crippen LogP contribution in [0, 0.1) is 5.41 Å². The molecule has 0 heterocycles. The molecular weight excluding hydrogens is 228 g/mol. The summed E-state index contributed by atoms with van der Waals surface area (Å²) in [6, 6.07) is 9.15. The quantitative estimate of drug-likeness (QED) is 0.758. The molecule has 3 nitrogen and oxygen atoms in total. The van der Waals surface area contributed by atoms with Crippen LogP contribution in [-0.4, -0.2) is 22.3 Å². The predicted molar refractivity (Wildman–Crippen MR) is 71.3 cm³/mol. The van der Waals surface area contributed by atoms with Crippen LogP contribution in [0.25, 0.3) is 0 Å². The Morgan fingerprint density at radius 2 is 1.83 bits per heavy atom. The number of carboxylic acids is 1. The van der Waals surface area contributed by atoms with Crippen LogP contribution in [0.3, 0.4) is 0 Å². The van der Waals surface area contributed by atoms with Crippen molar-refractivity contribution in [2.75, 3.05) is 0 Å². The number of aliphatic hydroxyl groups is 1. The molecule has 96 valence electrons. The Morgan fingerprint density at radius 3 is 2.22 bits per heavy atom. The molecule has 3 heteroatoms. The lowest BCUT2D eigenvalue weighted by Gasteiger charge is -2.35. The third kappa shape index (κ3) is 2.36. The van der Waals surface area contributed by atoms with Crippen molar-refractivity contribution < 1.29 is 15.0 Å². The summed E-state index contributed by atoms with van der Waals surface area (Å²) in [7, 11) is 0. The molecule has 0 spiro atoms. The Hall–Kier alpha value is -1.87. The smallest absolute Gasteiger partial charge is 0.313 e. The van der Waals surface area contributed by atoms with E-state index in [2.05, 4.69) is 13.2 Å². The van der Waals surface area contributed by atoms with Gasteiger partial charge in [0.25, 0.3) is 0 Å². The summed E-state index contributed by atoms with van der Waals surface area (Å²) in [6.45, 7) is 8.67. The molecule has 0 saturated heterocycles. The normalized spacial score (nSPS) is 17.2. The van der Waals surface area contributed by atoms with Gasteiger partial charge in [-0.2, -0.15) is 0 Å². The monoisotopic (exact) mass is 246 g/mol. The summed E-state index contributed by atoms with van der Waals surface area (Å²) in [5.74, 6) is -1.58. The van der Waals surface area contributed by atoms with E-state index in [0.717, 1.165) is 5.56 Å². The second kappa shape index (κ2) is 5.65. The number of hydrogen-bond acceptors (Lipinski definition) is 2. The third-order valence-electron chi connectivity index (χ3n) is 3.34. The molecule has 0 radical (unpaired) electrons. The minimum atomic E-state index is -1.38. The fourth-order valence-electron chi connectivity index (χ4n) is 2.08. The van der Waals surface area contributed by atoms with E-state index in [0.29, 0.717) is 0 Å². The SMILES string of the molecule is C=C[C@H](c1ccccc1)[C@](C)(C(=O)O)[C@@H](O)C=C. The lowest BCUT2D eigenvalue weighted by atomic mass is 9.69. The van der Waals surface area contributed by atoms with E-state index in [-0.39, 0.29) is 0 Å². The molecule has 3 atom stereocenters. The van der Waals surface area contributed by atoms with Gasteiger partial charge in [0.1, 0.15) is 5.41 Å². The second-order valence-electron chi connectivity index (χ2n) is 4.39. The lowest BCUT2D eigenvalue weighted by Crippen LogP contribution is -2.43. The van der Waals surface area contributed by atoms with Crippen LogP contribution in [-0.2, 0) is 4.79 Å². The van der Waals surface area contributed by atoms with Crippen LogP contribution in [0.2, 0.25) is 0 Å². The molecule has 0 aliphatic rings. The van der Waals surface area contributed by atoms with Crippen LogP contribution in [0.5, 0.6) is 0 Å². The highest BCUT2D eigenvalue weighted by Crippen LogP contribution is 2.40. The van der Waals surface area contributed by atoms with Gasteiger partial charge in [-0.3, -0.25) is 4.79 Å². The predicted octanol–water partition coefficient (Wildman–Crippen LogP) is 2.59. The highest BCUT2D eigenvalue weighted by Gasteiger charge is 2.45. The summed E-state index contributed by atoms with van der Waals surface area (Å²) < 4.78 is 0. The zero-order valence-electron chi connectivity index (χ0n) is 10.4. The maximum atomic E-state index is 11.5. The van der Waals surface area contributed by atoms with Crippen molar-refractivity contribution in [1.82, 2.24) is 0 Å². The average molecular weight is 246 g/mol. The number of hydrogen-bond donors (Lipinski definition) is 2. The Balaban J connectivity index is 3.31. The molecule has 0 amide bonds. The van der Waals surface area contributed by atoms with Crippen molar-refractivity contribution in [3.8, 4) is 0 Å². The van der Waals surface area contributed by atoms with Gasteiger partial charge in [-0.25, -0.2) is 0 Å². The molecular formula is C15H18O3. The summed E-state index contributed by atoms with van der Waals surface area (Å²) in [6.07, 6.45) is 1.64. The first-order chi connectivity index (χ1) is 8.48. The Bertz CT molecular complexity index is 438. The first kappa shape index (κ1) is 14.2. The lowest BCUT2D eigenvalue weighted by molar-refractivity contribution is -0.154. The van der Waals surface area contributed by atoms with E-state index in [1.165, 1.54) is 13.0 Å². The second-order valence-corrected chi connectivity index (χ2v) is 4.39. The van der Waals surface area contributed by atoms with Crippen molar-refractivity contribution in [2.24, 2.45) is 5.41 Å². The number of benzene rings is 1. The van der Waals surface area contributed by atoms with E-state index in [1.807, 2.05) is 30.3 Å². The van der Waals surface area contributed by atoms with E-state index in [1.54, 1.807) is 6.08 Å². The van der Waals surface area contributed by atoms with Gasteiger partial charge in [0.15, 0.2) is 0 Å². The molecule has 0 unspecified atom stereocenters. The number of aliphatic hydroxyl groups excluding tert-OH is 1. The number of aliphatic carboxylic acids is 1. The Labute approximate surface area is 107 Å². The number of carbonyl (C=O) groups is 1. The number of rotatable bonds is 6. The maximum absolute atomic E-state index is 11.5. The molecule has 18 heavy (non-hydrogen) atoms. The zero-order valence-corrected chi connectivity index (χ0v) is 10.4. The van der Waals surface area contributed by atoms with Crippen LogP contribution in [0.1, 0.15) is 18.4 Å². The Kier molecular flexibility index (Phi) is 4.45. The molecule has 0 aromatic heterocycles. The van der Waals surface area contributed by atoms with Crippen LogP contribution in [0.15, 0.2) is 55.6 Å². The van der Waals surface area contributed by atoms with Gasteiger partial charge < -0.3 is 10.2 Å². The molecule has 1 aromatic rings. The van der Waals surface area contributed by atoms with Crippen molar-refractivity contribution in [1.29, 1.82) is 0 Å². The van der Waals surface area contributed by atoms with Crippen LogP contribution >= 0.6 is 0 Å². The van der Waals surface area contributed by atoms with Crippen molar-refractivity contribution >= 4 is 5.97 Å². The molecule has 0 saturated carbocycles. The van der Waals surface area contributed by atoms with Gasteiger partial charge >= 0.3 is 5.97 Å². The highest BCUT2D eigenvalue weighted by molar-refractivity contribution is 5.77. The molecule has 0 aliphatic heterocycles. The summed E-state index contributed by atoms with van der Waals surface area (Å²) in [4.78, 5) is 11.5. The first-order valence-electron chi connectivity index (χ1n) is 5.70. The summed E-state index contributed by atoms with van der Waals surface area (Å²) >= 11 is 0. The van der Waals surface area contributed by atoms with Crippen LogP contribution in [0.4, 0.5) is 0 Å². The van der Waals surface area contributed by atoms with Crippen molar-refractivity contribution in [3.63, 3.8) is 0 Å². The van der Waals surface area contributed by atoms with Gasteiger partial charge in [0, 0.05) is 5.92 Å². The topological polar surface area (TPSA) is 57.5 Å². The summed E-state index contributed by atoms with van der Waals surface area (Å²) in [5.41, 5.74) is -0.580.